The Balaban J connectivity index is 1.10. The van der Waals surface area contributed by atoms with Crippen LogP contribution in [0.4, 0.5) is 10.2 Å². The van der Waals surface area contributed by atoms with E-state index in [0.717, 1.165) is 49.7 Å². The number of nitrogens with zero attached hydrogens (tertiary/aromatic N) is 4. The summed E-state index contributed by atoms with van der Waals surface area (Å²) in [5.74, 6) is 1.23. The predicted octanol–water partition coefficient (Wildman–Crippen LogP) is 2.21. The number of anilines is 1. The molecule has 1 amide bonds. The van der Waals surface area contributed by atoms with Gasteiger partial charge in [-0.1, -0.05) is 0 Å². The minimum Gasteiger partial charge on any atom is -0.481 e. The van der Waals surface area contributed by atoms with Crippen LogP contribution < -0.4 is 20.7 Å². The third-order valence-electron chi connectivity index (χ3n) is 6.42. The number of nitrogens with one attached hydrogen (secondary N) is 3. The van der Waals surface area contributed by atoms with Gasteiger partial charge in [0.15, 0.2) is 0 Å². The summed E-state index contributed by atoms with van der Waals surface area (Å²) in [6.07, 6.45) is 2.71. The molecule has 0 saturated carbocycles. The number of rotatable bonds is 9. The lowest BCUT2D eigenvalue weighted by Gasteiger charge is -2.34. The molecular weight excluding hydrogens is 481 g/mol. The fourth-order valence-corrected chi connectivity index (χ4v) is 5.38. The van der Waals surface area contributed by atoms with Crippen LogP contribution in [0.2, 0.25) is 0 Å². The zero-order chi connectivity index (χ0) is 24.9. The van der Waals surface area contributed by atoms with Crippen molar-refractivity contribution in [2.75, 3.05) is 50.9 Å². The van der Waals surface area contributed by atoms with E-state index in [1.54, 1.807) is 13.2 Å². The number of fused-ring (bicyclic) bond motifs is 2. The molecule has 0 radical (unpaired) electrons. The molecule has 9 nitrogen and oxygen atoms in total. The molecule has 190 valence electrons. The molecule has 5 heterocycles. The topological polar surface area (TPSA) is 104 Å². The summed E-state index contributed by atoms with van der Waals surface area (Å²) in [6.45, 7) is 5.13. The van der Waals surface area contributed by atoms with E-state index in [1.165, 1.54) is 18.0 Å². The molecule has 5 rings (SSSR count). The lowest BCUT2D eigenvalue weighted by Crippen LogP contribution is -2.54. The summed E-state index contributed by atoms with van der Waals surface area (Å²) in [4.78, 5) is 28.2. The molecule has 1 saturated heterocycles. The zero-order valence-corrected chi connectivity index (χ0v) is 21.0. The van der Waals surface area contributed by atoms with Gasteiger partial charge in [-0.15, -0.1) is 11.8 Å². The summed E-state index contributed by atoms with van der Waals surface area (Å²) < 4.78 is 19.8. The molecule has 36 heavy (non-hydrogen) atoms. The van der Waals surface area contributed by atoms with E-state index in [1.807, 2.05) is 18.2 Å². The molecule has 2 aliphatic heterocycles. The fraction of sp³-hybridized carbons (Fsp3) is 0.440. The summed E-state index contributed by atoms with van der Waals surface area (Å²) in [5, 5.41) is 9.89. The molecule has 0 aliphatic carbocycles. The van der Waals surface area contributed by atoms with Crippen LogP contribution in [0.15, 0.2) is 35.4 Å². The van der Waals surface area contributed by atoms with E-state index in [4.69, 9.17) is 4.74 Å². The SMILES string of the molecule is COc1ccc2ncc(F)c(CCCN3CCNC(CNCc4ccc5c(n4)NC(=O)CS5)C3)c2n1. The predicted molar refractivity (Wildman–Crippen MR) is 138 cm³/mol. The lowest BCUT2D eigenvalue weighted by molar-refractivity contribution is -0.113. The first-order valence-electron chi connectivity index (χ1n) is 12.2. The first-order valence-corrected chi connectivity index (χ1v) is 13.1. The fourth-order valence-electron chi connectivity index (χ4n) is 4.62. The van der Waals surface area contributed by atoms with Crippen molar-refractivity contribution in [3.8, 4) is 5.88 Å². The Hall–Kier alpha value is -2.86. The van der Waals surface area contributed by atoms with Crippen LogP contribution in [0.5, 0.6) is 5.88 Å². The van der Waals surface area contributed by atoms with Gasteiger partial charge in [0.25, 0.3) is 0 Å². The van der Waals surface area contributed by atoms with Gasteiger partial charge >= 0.3 is 0 Å². The number of carbonyl (C=O) groups excluding carboxylic acids is 1. The van der Waals surface area contributed by atoms with Crippen molar-refractivity contribution in [1.29, 1.82) is 0 Å². The van der Waals surface area contributed by atoms with Crippen LogP contribution in [0.1, 0.15) is 17.7 Å². The number of thioether (sulfide) groups is 1. The highest BCUT2D eigenvalue weighted by Crippen LogP contribution is 2.29. The highest BCUT2D eigenvalue weighted by atomic mass is 32.2. The van der Waals surface area contributed by atoms with E-state index >= 15 is 0 Å². The van der Waals surface area contributed by atoms with Gasteiger partial charge in [-0.05, 0) is 37.6 Å². The Morgan fingerprint density at radius 2 is 2.19 bits per heavy atom. The van der Waals surface area contributed by atoms with Gasteiger partial charge < -0.3 is 25.6 Å². The van der Waals surface area contributed by atoms with Crippen LogP contribution in [0.25, 0.3) is 11.0 Å². The molecule has 0 aromatic carbocycles. The number of carbonyl (C=O) groups is 1. The van der Waals surface area contributed by atoms with E-state index in [2.05, 4.69) is 35.8 Å². The molecule has 11 heteroatoms. The Morgan fingerprint density at radius 1 is 1.28 bits per heavy atom. The van der Waals surface area contributed by atoms with Crippen molar-refractivity contribution < 1.29 is 13.9 Å². The van der Waals surface area contributed by atoms with E-state index < -0.39 is 0 Å². The number of aromatic nitrogens is 3. The molecular formula is C25H30FN7O2S. The molecule has 1 unspecified atom stereocenters. The second-order valence-electron chi connectivity index (χ2n) is 8.98. The van der Waals surface area contributed by atoms with Gasteiger partial charge in [0.2, 0.25) is 11.8 Å². The minimum atomic E-state index is -0.320. The largest absolute Gasteiger partial charge is 0.481 e. The van der Waals surface area contributed by atoms with Crippen molar-refractivity contribution in [2.24, 2.45) is 0 Å². The van der Waals surface area contributed by atoms with Gasteiger partial charge in [0, 0.05) is 50.4 Å². The highest BCUT2D eigenvalue weighted by molar-refractivity contribution is 8.00. The summed E-state index contributed by atoms with van der Waals surface area (Å²) in [7, 11) is 1.55. The average molecular weight is 512 g/mol. The van der Waals surface area contributed by atoms with Gasteiger partial charge in [-0.2, -0.15) is 0 Å². The number of hydrogen-bond acceptors (Lipinski definition) is 9. The minimum absolute atomic E-state index is 0.00699. The van der Waals surface area contributed by atoms with E-state index in [9.17, 15) is 9.18 Å². The number of pyridine rings is 3. The second kappa shape index (κ2) is 11.5. The van der Waals surface area contributed by atoms with Crippen LogP contribution in [0, 0.1) is 5.82 Å². The summed E-state index contributed by atoms with van der Waals surface area (Å²) >= 11 is 1.52. The maximum atomic E-state index is 14.6. The standard InChI is InChI=1S/C25H30FN7O2S/c1-35-23-7-5-20-24(32-23)18(19(26)13-29-20)3-2-9-33-10-8-28-17(14-33)12-27-11-16-4-6-21-25(30-16)31-22(34)15-36-21/h4-7,13,17,27-28H,2-3,8-12,14-15H2,1H3,(H,30,31,34). The molecule has 1 atom stereocenters. The molecule has 0 spiro atoms. The van der Waals surface area contributed by atoms with Crippen LogP contribution in [-0.2, 0) is 17.8 Å². The maximum absolute atomic E-state index is 14.6. The lowest BCUT2D eigenvalue weighted by atomic mass is 10.1. The van der Waals surface area contributed by atoms with Gasteiger partial charge in [-0.3, -0.25) is 9.78 Å². The van der Waals surface area contributed by atoms with Crippen molar-refractivity contribution >= 4 is 34.5 Å². The first-order chi connectivity index (χ1) is 17.6. The van der Waals surface area contributed by atoms with Crippen LogP contribution in [-0.4, -0.2) is 77.4 Å². The highest BCUT2D eigenvalue weighted by Gasteiger charge is 2.20. The van der Waals surface area contributed by atoms with Crippen molar-refractivity contribution in [2.45, 2.75) is 30.3 Å². The molecule has 0 bridgehead atoms. The number of halogens is 1. The number of ether oxygens (including phenoxy) is 1. The second-order valence-corrected chi connectivity index (χ2v) is 10.00. The number of aryl methyl sites for hydroxylation is 1. The summed E-state index contributed by atoms with van der Waals surface area (Å²) in [5.41, 5.74) is 2.75. The molecule has 2 aliphatic rings. The molecule has 3 aromatic rings. The maximum Gasteiger partial charge on any atom is 0.235 e. The number of amides is 1. The van der Waals surface area contributed by atoms with Gasteiger partial charge in [0.1, 0.15) is 11.6 Å². The van der Waals surface area contributed by atoms with Crippen LogP contribution >= 0.6 is 11.8 Å². The monoisotopic (exact) mass is 511 g/mol. The van der Waals surface area contributed by atoms with Crippen LogP contribution in [0.3, 0.4) is 0 Å². The number of hydrogen-bond donors (Lipinski definition) is 3. The van der Waals surface area contributed by atoms with Gasteiger partial charge in [-0.25, -0.2) is 14.4 Å². The Morgan fingerprint density at radius 3 is 3.08 bits per heavy atom. The third kappa shape index (κ3) is 5.92. The smallest absolute Gasteiger partial charge is 0.235 e. The summed E-state index contributed by atoms with van der Waals surface area (Å²) in [6, 6.07) is 7.89. The Labute approximate surface area is 213 Å². The Kier molecular flexibility index (Phi) is 7.90. The number of piperazine rings is 1. The molecule has 3 N–H and O–H groups in total. The zero-order valence-electron chi connectivity index (χ0n) is 20.2. The van der Waals surface area contributed by atoms with Crippen molar-refractivity contribution in [3.63, 3.8) is 0 Å². The normalized spacial score (nSPS) is 18.2. The molecule has 1 fully saturated rings. The average Bonchev–Trinajstić information content (AvgIpc) is 2.89. The van der Waals surface area contributed by atoms with Crippen molar-refractivity contribution in [3.05, 3.63) is 47.5 Å². The third-order valence-corrected chi connectivity index (χ3v) is 7.47. The van der Waals surface area contributed by atoms with Crippen molar-refractivity contribution in [1.82, 2.24) is 30.5 Å². The Bertz CT molecular complexity index is 1240. The first kappa shape index (κ1) is 24.8. The van der Waals surface area contributed by atoms with E-state index in [-0.39, 0.29) is 11.7 Å². The quantitative estimate of drug-likeness (QED) is 0.399. The molecule has 3 aromatic heterocycles. The number of methoxy groups -OCH3 is 1. The van der Waals surface area contributed by atoms with Gasteiger partial charge in [0.05, 0.1) is 40.7 Å². The van der Waals surface area contributed by atoms with E-state index in [0.29, 0.717) is 53.1 Å².